The smallest absolute Gasteiger partial charge is 0.338 e. The molecule has 0 saturated carbocycles. The number of aromatic nitrogens is 3. The van der Waals surface area contributed by atoms with Gasteiger partial charge in [-0.1, -0.05) is 6.07 Å². The minimum atomic E-state index is -0.357. The van der Waals surface area contributed by atoms with E-state index in [9.17, 15) is 4.79 Å². The Bertz CT molecular complexity index is 1050. The van der Waals surface area contributed by atoms with Gasteiger partial charge < -0.3 is 14.5 Å². The van der Waals surface area contributed by atoms with Crippen molar-refractivity contribution in [3.8, 4) is 11.5 Å². The van der Waals surface area contributed by atoms with Crippen molar-refractivity contribution in [2.24, 2.45) is 0 Å². The lowest BCUT2D eigenvalue weighted by Crippen LogP contribution is -2.05. The van der Waals surface area contributed by atoms with Gasteiger partial charge >= 0.3 is 5.97 Å². The number of furan rings is 1. The van der Waals surface area contributed by atoms with Crippen LogP contribution in [0, 0.1) is 0 Å². The number of hydrogen-bond donors (Lipinski definition) is 1. The number of nitrogens with one attached hydrogen (secondary N) is 1. The molecule has 0 bridgehead atoms. The zero-order valence-electron chi connectivity index (χ0n) is 14.0. The van der Waals surface area contributed by atoms with E-state index < -0.39 is 0 Å². The topological polar surface area (TPSA) is 81.7 Å². The second-order valence-electron chi connectivity index (χ2n) is 5.52. The predicted octanol–water partition coefficient (Wildman–Crippen LogP) is 3.91. The van der Waals surface area contributed by atoms with Gasteiger partial charge in [0.2, 0.25) is 0 Å². The first kappa shape index (κ1) is 15.9. The Kier molecular flexibility index (Phi) is 4.10. The molecule has 0 fully saturated rings. The first-order valence-corrected chi connectivity index (χ1v) is 8.16. The summed E-state index contributed by atoms with van der Waals surface area (Å²) in [6.07, 6.45) is 6.77. The van der Waals surface area contributed by atoms with Crippen molar-refractivity contribution in [2.75, 3.05) is 11.9 Å². The molecule has 0 aliphatic rings. The average Bonchev–Trinajstić information content (AvgIpc) is 3.30. The van der Waals surface area contributed by atoms with Crippen molar-refractivity contribution in [2.45, 2.75) is 6.92 Å². The Hall–Kier alpha value is -3.61. The predicted molar refractivity (Wildman–Crippen MR) is 96.4 cm³/mol. The van der Waals surface area contributed by atoms with Crippen LogP contribution in [-0.2, 0) is 4.74 Å². The second kappa shape index (κ2) is 6.72. The summed E-state index contributed by atoms with van der Waals surface area (Å²) in [5.41, 5.74) is 2.56. The molecule has 7 nitrogen and oxygen atoms in total. The number of carbonyl (C=O) groups excluding carboxylic acids is 1. The summed E-state index contributed by atoms with van der Waals surface area (Å²) in [5, 5.41) is 3.33. The van der Waals surface area contributed by atoms with Gasteiger partial charge in [0.25, 0.3) is 0 Å². The van der Waals surface area contributed by atoms with Crippen LogP contribution in [0.1, 0.15) is 17.3 Å². The Morgan fingerprint density at radius 3 is 3.04 bits per heavy atom. The summed E-state index contributed by atoms with van der Waals surface area (Å²) in [6, 6.07) is 10.8. The van der Waals surface area contributed by atoms with Gasteiger partial charge in [0.1, 0.15) is 11.5 Å². The van der Waals surface area contributed by atoms with Crippen molar-refractivity contribution in [1.29, 1.82) is 0 Å². The average molecular weight is 348 g/mol. The maximum atomic E-state index is 12.0. The van der Waals surface area contributed by atoms with Crippen LogP contribution >= 0.6 is 0 Å². The molecule has 7 heteroatoms. The van der Waals surface area contributed by atoms with Crippen molar-refractivity contribution < 1.29 is 13.9 Å². The number of ether oxygens (including phenoxy) is 1. The Balaban J connectivity index is 1.77. The third-order valence-corrected chi connectivity index (χ3v) is 3.82. The van der Waals surface area contributed by atoms with E-state index in [1.165, 1.54) is 0 Å². The van der Waals surface area contributed by atoms with Crippen LogP contribution in [0.4, 0.5) is 11.5 Å². The summed E-state index contributed by atoms with van der Waals surface area (Å²) in [6.45, 7) is 2.11. The molecule has 4 aromatic rings. The summed E-state index contributed by atoms with van der Waals surface area (Å²) in [4.78, 5) is 20.7. The fraction of sp³-hybridized carbons (Fsp3) is 0.105. The molecular weight excluding hydrogens is 332 g/mol. The maximum absolute atomic E-state index is 12.0. The highest BCUT2D eigenvalue weighted by Crippen LogP contribution is 2.31. The molecule has 26 heavy (non-hydrogen) atoms. The molecule has 4 rings (SSSR count). The van der Waals surface area contributed by atoms with Crippen LogP contribution in [0.2, 0.25) is 0 Å². The summed E-state index contributed by atoms with van der Waals surface area (Å²) in [5.74, 6) is 1.00. The SMILES string of the molecule is CCOC(=O)c1cccc(Nc2c(-c3ccco3)nc3cnccn23)c1. The zero-order chi connectivity index (χ0) is 17.9. The van der Waals surface area contributed by atoms with Crippen molar-refractivity contribution >= 4 is 23.1 Å². The number of rotatable bonds is 5. The summed E-state index contributed by atoms with van der Waals surface area (Å²) >= 11 is 0. The molecule has 0 radical (unpaired) electrons. The lowest BCUT2D eigenvalue weighted by molar-refractivity contribution is 0.0526. The third-order valence-electron chi connectivity index (χ3n) is 3.82. The molecule has 1 aromatic carbocycles. The highest BCUT2D eigenvalue weighted by atomic mass is 16.5. The largest absolute Gasteiger partial charge is 0.463 e. The normalized spacial score (nSPS) is 10.8. The Labute approximate surface area is 149 Å². The first-order valence-electron chi connectivity index (χ1n) is 8.16. The van der Waals surface area contributed by atoms with Crippen LogP contribution in [-0.4, -0.2) is 26.9 Å². The van der Waals surface area contributed by atoms with Gasteiger partial charge in [-0.25, -0.2) is 9.78 Å². The third kappa shape index (κ3) is 2.90. The van der Waals surface area contributed by atoms with Crippen molar-refractivity contribution in [3.05, 3.63) is 66.8 Å². The van der Waals surface area contributed by atoms with Crippen molar-refractivity contribution in [3.63, 3.8) is 0 Å². The number of anilines is 2. The number of imidazole rings is 1. The molecule has 1 N–H and O–H groups in total. The van der Waals surface area contributed by atoms with Crippen LogP contribution in [0.15, 0.2) is 65.7 Å². The number of carbonyl (C=O) groups is 1. The number of hydrogen-bond acceptors (Lipinski definition) is 6. The minimum absolute atomic E-state index is 0.333. The molecule has 0 aliphatic carbocycles. The van der Waals surface area contributed by atoms with Crippen molar-refractivity contribution in [1.82, 2.24) is 14.4 Å². The molecule has 0 atom stereocenters. The molecule has 0 unspecified atom stereocenters. The molecular formula is C19H16N4O3. The highest BCUT2D eigenvalue weighted by Gasteiger charge is 2.17. The minimum Gasteiger partial charge on any atom is -0.463 e. The van der Waals surface area contributed by atoms with E-state index in [4.69, 9.17) is 9.15 Å². The Morgan fingerprint density at radius 2 is 2.23 bits per heavy atom. The number of nitrogens with zero attached hydrogens (tertiary/aromatic N) is 3. The summed E-state index contributed by atoms with van der Waals surface area (Å²) in [7, 11) is 0. The standard InChI is InChI=1S/C19H16N4O3/c1-2-25-19(24)13-5-3-6-14(11-13)21-18-17(15-7-4-10-26-15)22-16-12-20-8-9-23(16)18/h3-12,21H,2H2,1H3. The molecule has 130 valence electrons. The fourth-order valence-corrected chi connectivity index (χ4v) is 2.69. The van der Waals surface area contributed by atoms with Gasteiger partial charge in [-0.3, -0.25) is 9.38 Å². The molecule has 3 heterocycles. The summed E-state index contributed by atoms with van der Waals surface area (Å²) < 4.78 is 12.5. The van der Waals surface area contributed by atoms with Crippen LogP contribution in [0.5, 0.6) is 0 Å². The first-order chi connectivity index (χ1) is 12.8. The monoisotopic (exact) mass is 348 g/mol. The Morgan fingerprint density at radius 1 is 1.31 bits per heavy atom. The number of benzene rings is 1. The van der Waals surface area contributed by atoms with Gasteiger partial charge in [0, 0.05) is 18.1 Å². The van der Waals surface area contributed by atoms with E-state index in [0.29, 0.717) is 29.3 Å². The molecule has 0 saturated heterocycles. The highest BCUT2D eigenvalue weighted by molar-refractivity contribution is 5.91. The maximum Gasteiger partial charge on any atom is 0.338 e. The van der Waals surface area contributed by atoms with E-state index in [-0.39, 0.29) is 5.97 Å². The van der Waals surface area contributed by atoms with Gasteiger partial charge in [-0.05, 0) is 37.3 Å². The zero-order valence-corrected chi connectivity index (χ0v) is 14.0. The van der Waals surface area contributed by atoms with E-state index in [0.717, 1.165) is 11.5 Å². The second-order valence-corrected chi connectivity index (χ2v) is 5.52. The van der Waals surface area contributed by atoms with Gasteiger partial charge in [0.05, 0.1) is 24.6 Å². The van der Waals surface area contributed by atoms with E-state index >= 15 is 0 Å². The molecule has 0 aliphatic heterocycles. The lowest BCUT2D eigenvalue weighted by atomic mass is 10.2. The van der Waals surface area contributed by atoms with E-state index in [2.05, 4.69) is 15.3 Å². The van der Waals surface area contributed by atoms with Gasteiger partial charge in [-0.2, -0.15) is 0 Å². The quantitative estimate of drug-likeness (QED) is 0.551. The van der Waals surface area contributed by atoms with Crippen LogP contribution < -0.4 is 5.32 Å². The molecule has 0 amide bonds. The lowest BCUT2D eigenvalue weighted by Gasteiger charge is -2.09. The van der Waals surface area contributed by atoms with Crippen LogP contribution in [0.25, 0.3) is 17.1 Å². The van der Waals surface area contributed by atoms with Gasteiger partial charge in [0.15, 0.2) is 11.4 Å². The number of fused-ring (bicyclic) bond motifs is 1. The van der Waals surface area contributed by atoms with E-state index in [1.54, 1.807) is 43.8 Å². The fourth-order valence-electron chi connectivity index (χ4n) is 2.69. The van der Waals surface area contributed by atoms with Crippen LogP contribution in [0.3, 0.4) is 0 Å². The molecule has 0 spiro atoms. The molecule has 3 aromatic heterocycles. The van der Waals surface area contributed by atoms with E-state index in [1.807, 2.05) is 28.8 Å². The van der Waals surface area contributed by atoms with Gasteiger partial charge in [-0.15, -0.1) is 0 Å². The number of esters is 1.